The summed E-state index contributed by atoms with van der Waals surface area (Å²) in [5.41, 5.74) is 2.02. The number of hydrogen-bond donors (Lipinski definition) is 1. The van der Waals surface area contributed by atoms with Crippen molar-refractivity contribution in [2.75, 3.05) is 26.3 Å². The van der Waals surface area contributed by atoms with E-state index in [9.17, 15) is 9.90 Å². The van der Waals surface area contributed by atoms with Crippen molar-refractivity contribution in [2.24, 2.45) is 0 Å². The van der Waals surface area contributed by atoms with Crippen LogP contribution < -0.4 is 4.74 Å². The molecule has 0 bridgehead atoms. The van der Waals surface area contributed by atoms with Crippen molar-refractivity contribution in [3.8, 4) is 5.75 Å². The first kappa shape index (κ1) is 18.7. The fourth-order valence-corrected chi connectivity index (χ4v) is 2.48. The average Bonchev–Trinajstić information content (AvgIpc) is 2.64. The maximum Gasteiger partial charge on any atom is 0.227 e. The summed E-state index contributed by atoms with van der Waals surface area (Å²) in [6, 6.07) is 17.5. The highest BCUT2D eigenvalue weighted by atomic mass is 16.5. The molecule has 132 valence electrons. The molecule has 0 aliphatic carbocycles. The minimum Gasteiger partial charge on any atom is -0.494 e. The van der Waals surface area contributed by atoms with Crippen LogP contribution in [0.15, 0.2) is 60.7 Å². The molecule has 1 amide bonds. The fourth-order valence-electron chi connectivity index (χ4n) is 2.48. The molecule has 1 N–H and O–H groups in total. The van der Waals surface area contributed by atoms with Gasteiger partial charge in [-0.25, -0.2) is 0 Å². The van der Waals surface area contributed by atoms with E-state index in [0.29, 0.717) is 26.1 Å². The van der Waals surface area contributed by atoms with E-state index in [1.165, 1.54) is 0 Å². The Morgan fingerprint density at radius 2 is 1.84 bits per heavy atom. The van der Waals surface area contributed by atoms with E-state index in [-0.39, 0.29) is 12.5 Å². The summed E-state index contributed by atoms with van der Waals surface area (Å²) >= 11 is 0. The van der Waals surface area contributed by atoms with Crippen molar-refractivity contribution >= 4 is 12.0 Å². The number of aliphatic hydroxyl groups is 1. The molecular formula is C21H25NO3. The lowest BCUT2D eigenvalue weighted by Crippen LogP contribution is -2.34. The van der Waals surface area contributed by atoms with Crippen LogP contribution in [0.25, 0.3) is 6.08 Å². The Morgan fingerprint density at radius 1 is 1.12 bits per heavy atom. The topological polar surface area (TPSA) is 49.8 Å². The van der Waals surface area contributed by atoms with Gasteiger partial charge in [0.2, 0.25) is 5.91 Å². The Bertz CT molecular complexity index is 665. The van der Waals surface area contributed by atoms with Crippen molar-refractivity contribution in [1.82, 2.24) is 4.90 Å². The lowest BCUT2D eigenvalue weighted by atomic mass is 10.1. The lowest BCUT2D eigenvalue weighted by molar-refractivity contribution is -0.130. The average molecular weight is 339 g/mol. The molecule has 0 saturated heterocycles. The summed E-state index contributed by atoms with van der Waals surface area (Å²) in [7, 11) is 0. The van der Waals surface area contributed by atoms with E-state index in [0.717, 1.165) is 16.9 Å². The molecule has 4 heteroatoms. The van der Waals surface area contributed by atoms with Crippen molar-refractivity contribution < 1.29 is 14.6 Å². The number of benzene rings is 2. The van der Waals surface area contributed by atoms with Gasteiger partial charge in [0.1, 0.15) is 5.75 Å². The number of nitrogens with zero attached hydrogens (tertiary/aromatic N) is 1. The standard InChI is InChI=1S/C21H25NO3/c1-2-25-20-12-10-19(11-13-20)17-21(24)22(15-16-23)14-6-9-18-7-4-3-5-8-18/h3-13,23H,2,14-17H2,1H3/b9-6+. The minimum absolute atomic E-state index is 0.00378. The first-order valence-electron chi connectivity index (χ1n) is 8.55. The summed E-state index contributed by atoms with van der Waals surface area (Å²) in [6.45, 7) is 3.32. The smallest absolute Gasteiger partial charge is 0.227 e. The van der Waals surface area contributed by atoms with Crippen LogP contribution in [-0.2, 0) is 11.2 Å². The highest BCUT2D eigenvalue weighted by Gasteiger charge is 2.12. The summed E-state index contributed by atoms with van der Waals surface area (Å²) in [6.07, 6.45) is 4.24. The van der Waals surface area contributed by atoms with Crippen LogP contribution in [0, 0.1) is 0 Å². The van der Waals surface area contributed by atoms with Crippen LogP contribution in [0.5, 0.6) is 5.75 Å². The van der Waals surface area contributed by atoms with Crippen molar-refractivity contribution in [1.29, 1.82) is 0 Å². The molecule has 4 nitrogen and oxygen atoms in total. The largest absolute Gasteiger partial charge is 0.494 e. The van der Waals surface area contributed by atoms with Crippen LogP contribution in [0.4, 0.5) is 0 Å². The summed E-state index contributed by atoms with van der Waals surface area (Å²) in [4.78, 5) is 14.2. The molecule has 0 radical (unpaired) electrons. The predicted octanol–water partition coefficient (Wildman–Crippen LogP) is 3.16. The molecule has 0 spiro atoms. The summed E-state index contributed by atoms with van der Waals surface area (Å²) in [5, 5.41) is 9.23. The number of hydrogen-bond acceptors (Lipinski definition) is 3. The van der Waals surface area contributed by atoms with Crippen LogP contribution >= 0.6 is 0 Å². The Labute approximate surface area is 149 Å². The molecule has 0 saturated carbocycles. The molecule has 2 aromatic rings. The quantitative estimate of drug-likeness (QED) is 0.763. The van der Waals surface area contributed by atoms with Crippen LogP contribution in [0.2, 0.25) is 0 Å². The molecule has 25 heavy (non-hydrogen) atoms. The Balaban J connectivity index is 1.93. The van der Waals surface area contributed by atoms with E-state index >= 15 is 0 Å². The van der Waals surface area contributed by atoms with E-state index in [1.54, 1.807) is 4.90 Å². The van der Waals surface area contributed by atoms with E-state index in [4.69, 9.17) is 4.74 Å². The summed E-state index contributed by atoms with van der Waals surface area (Å²) in [5.74, 6) is 0.799. The van der Waals surface area contributed by atoms with Gasteiger partial charge in [-0.3, -0.25) is 4.79 Å². The van der Waals surface area contributed by atoms with Gasteiger partial charge in [0.25, 0.3) is 0 Å². The predicted molar refractivity (Wildman–Crippen MR) is 100 cm³/mol. The third-order valence-corrected chi connectivity index (χ3v) is 3.75. The van der Waals surface area contributed by atoms with Gasteiger partial charge < -0.3 is 14.7 Å². The Morgan fingerprint density at radius 3 is 2.48 bits per heavy atom. The molecule has 0 fully saturated rings. The zero-order valence-electron chi connectivity index (χ0n) is 14.6. The molecule has 2 aromatic carbocycles. The zero-order valence-corrected chi connectivity index (χ0v) is 14.6. The van der Waals surface area contributed by atoms with Crippen LogP contribution in [0.3, 0.4) is 0 Å². The van der Waals surface area contributed by atoms with Crippen molar-refractivity contribution in [2.45, 2.75) is 13.3 Å². The first-order chi connectivity index (χ1) is 12.2. The second-order valence-corrected chi connectivity index (χ2v) is 5.63. The first-order valence-corrected chi connectivity index (χ1v) is 8.55. The number of aliphatic hydroxyl groups excluding tert-OH is 1. The van der Waals surface area contributed by atoms with E-state index in [1.807, 2.05) is 73.7 Å². The number of ether oxygens (including phenoxy) is 1. The fraction of sp³-hybridized carbons (Fsp3) is 0.286. The second kappa shape index (κ2) is 10.3. The highest BCUT2D eigenvalue weighted by Crippen LogP contribution is 2.13. The third-order valence-electron chi connectivity index (χ3n) is 3.75. The number of carbonyl (C=O) groups excluding carboxylic acids is 1. The minimum atomic E-state index is -0.0474. The Kier molecular flexibility index (Phi) is 7.73. The van der Waals surface area contributed by atoms with Crippen molar-refractivity contribution in [3.05, 3.63) is 71.8 Å². The molecular weight excluding hydrogens is 314 g/mol. The number of amides is 1. The van der Waals surface area contributed by atoms with E-state index < -0.39 is 0 Å². The molecule has 2 rings (SSSR count). The van der Waals surface area contributed by atoms with Gasteiger partial charge in [0.15, 0.2) is 0 Å². The van der Waals surface area contributed by atoms with Gasteiger partial charge in [0.05, 0.1) is 19.6 Å². The third kappa shape index (κ3) is 6.43. The molecule has 0 atom stereocenters. The second-order valence-electron chi connectivity index (χ2n) is 5.63. The van der Waals surface area contributed by atoms with Gasteiger partial charge in [-0.2, -0.15) is 0 Å². The van der Waals surface area contributed by atoms with Gasteiger partial charge >= 0.3 is 0 Å². The molecule has 0 aliphatic heterocycles. The van der Waals surface area contributed by atoms with Gasteiger partial charge in [-0.05, 0) is 30.2 Å². The van der Waals surface area contributed by atoms with Gasteiger partial charge in [-0.1, -0.05) is 54.6 Å². The summed E-state index contributed by atoms with van der Waals surface area (Å²) < 4.78 is 5.41. The van der Waals surface area contributed by atoms with Crippen molar-refractivity contribution in [3.63, 3.8) is 0 Å². The Hall–Kier alpha value is -2.59. The SMILES string of the molecule is CCOc1ccc(CC(=O)N(C/C=C/c2ccccc2)CCO)cc1. The normalized spacial score (nSPS) is 10.8. The molecule has 0 aliphatic rings. The van der Waals surface area contributed by atoms with E-state index in [2.05, 4.69) is 0 Å². The molecule has 0 unspecified atom stereocenters. The maximum absolute atomic E-state index is 12.5. The van der Waals surface area contributed by atoms with Gasteiger partial charge in [-0.15, -0.1) is 0 Å². The zero-order chi connectivity index (χ0) is 17.9. The van der Waals surface area contributed by atoms with Crippen LogP contribution in [-0.4, -0.2) is 42.2 Å². The highest BCUT2D eigenvalue weighted by molar-refractivity contribution is 5.79. The monoisotopic (exact) mass is 339 g/mol. The lowest BCUT2D eigenvalue weighted by Gasteiger charge is -2.20. The number of carbonyl (C=O) groups is 1. The molecule has 0 aromatic heterocycles. The van der Waals surface area contributed by atoms with Gasteiger partial charge in [0, 0.05) is 13.1 Å². The number of rotatable bonds is 9. The van der Waals surface area contributed by atoms with Crippen LogP contribution in [0.1, 0.15) is 18.1 Å². The maximum atomic E-state index is 12.5. The molecule has 0 heterocycles.